The van der Waals surface area contributed by atoms with Crippen molar-refractivity contribution in [3.8, 4) is 11.4 Å². The summed E-state index contributed by atoms with van der Waals surface area (Å²) >= 11 is 1.73. The quantitative estimate of drug-likeness (QED) is 0.772. The molecule has 0 aliphatic rings. The minimum atomic E-state index is -0.157. The zero-order valence-electron chi connectivity index (χ0n) is 13.9. The van der Waals surface area contributed by atoms with Gasteiger partial charge in [0.15, 0.2) is 0 Å². The van der Waals surface area contributed by atoms with Gasteiger partial charge in [0.25, 0.3) is 5.56 Å². The van der Waals surface area contributed by atoms with Gasteiger partial charge in [-0.1, -0.05) is 6.92 Å². The maximum absolute atomic E-state index is 11.6. The molecular weight excluding hydrogens is 322 g/mol. The molecule has 0 atom stereocenters. The second-order valence-corrected chi connectivity index (χ2v) is 6.77. The van der Waals surface area contributed by atoms with E-state index in [1.807, 2.05) is 25.4 Å². The lowest BCUT2D eigenvalue weighted by Gasteiger charge is -2.17. The van der Waals surface area contributed by atoms with E-state index in [2.05, 4.69) is 31.8 Å². The van der Waals surface area contributed by atoms with Crippen molar-refractivity contribution in [1.82, 2.24) is 19.9 Å². The van der Waals surface area contributed by atoms with Gasteiger partial charge >= 0.3 is 0 Å². The molecule has 0 aliphatic heterocycles. The minimum Gasteiger partial charge on any atom is -0.354 e. The summed E-state index contributed by atoms with van der Waals surface area (Å²) in [5, 5.41) is 1.15. The Morgan fingerprint density at radius 1 is 1.25 bits per heavy atom. The average molecular weight is 341 g/mol. The standard InChI is InChI=1S/C17H19N5OS/c1-4-16-19-9-13(24-16)10-22(3)14-6-5-12(8-18-14)17-20-11(2)7-15(23)21-17/h5-9H,4,10H2,1-3H3,(H,20,21,23). The number of aromatic nitrogens is 4. The SMILES string of the molecule is CCc1ncc(CN(C)c2ccc(-c3nc(C)cc(=O)[nH]3)cn2)s1. The zero-order chi connectivity index (χ0) is 17.1. The molecule has 6 nitrogen and oxygen atoms in total. The Balaban J connectivity index is 1.77. The molecule has 0 spiro atoms. The van der Waals surface area contributed by atoms with Crippen LogP contribution in [0.3, 0.4) is 0 Å². The molecule has 1 N–H and O–H groups in total. The highest BCUT2D eigenvalue weighted by Crippen LogP contribution is 2.20. The molecule has 0 saturated heterocycles. The lowest BCUT2D eigenvalue weighted by molar-refractivity contribution is 0.909. The number of hydrogen-bond acceptors (Lipinski definition) is 6. The van der Waals surface area contributed by atoms with Gasteiger partial charge < -0.3 is 9.88 Å². The topological polar surface area (TPSA) is 74.8 Å². The molecule has 0 amide bonds. The number of thiazole rings is 1. The number of anilines is 1. The van der Waals surface area contributed by atoms with Crippen molar-refractivity contribution in [3.63, 3.8) is 0 Å². The largest absolute Gasteiger partial charge is 0.354 e. The Hall–Kier alpha value is -2.54. The first kappa shape index (κ1) is 16.3. The molecule has 3 aromatic rings. The Morgan fingerprint density at radius 2 is 2.08 bits per heavy atom. The molecule has 3 aromatic heterocycles. The summed E-state index contributed by atoms with van der Waals surface area (Å²) in [5.41, 5.74) is 1.32. The molecule has 24 heavy (non-hydrogen) atoms. The van der Waals surface area contributed by atoms with Crippen LogP contribution in [0.1, 0.15) is 22.5 Å². The summed E-state index contributed by atoms with van der Waals surface area (Å²) in [6, 6.07) is 5.32. The first-order chi connectivity index (χ1) is 11.5. The minimum absolute atomic E-state index is 0.157. The Morgan fingerprint density at radius 3 is 2.71 bits per heavy atom. The van der Waals surface area contributed by atoms with Crippen LogP contribution in [0, 0.1) is 6.92 Å². The molecule has 0 bridgehead atoms. The highest BCUT2D eigenvalue weighted by Gasteiger charge is 2.08. The van der Waals surface area contributed by atoms with Crippen LogP contribution in [0.2, 0.25) is 0 Å². The molecule has 0 aromatic carbocycles. The molecule has 3 heterocycles. The van der Waals surface area contributed by atoms with Gasteiger partial charge in [-0.2, -0.15) is 0 Å². The van der Waals surface area contributed by atoms with Crippen molar-refractivity contribution in [3.05, 3.63) is 56.5 Å². The van der Waals surface area contributed by atoms with E-state index in [0.717, 1.165) is 29.4 Å². The molecule has 0 fully saturated rings. The Kier molecular flexibility index (Phi) is 4.71. The van der Waals surface area contributed by atoms with E-state index < -0.39 is 0 Å². The molecular formula is C17H19N5OS. The van der Waals surface area contributed by atoms with E-state index >= 15 is 0 Å². The number of nitrogens with one attached hydrogen (secondary N) is 1. The summed E-state index contributed by atoms with van der Waals surface area (Å²) in [5.74, 6) is 1.40. The fraction of sp³-hybridized carbons (Fsp3) is 0.294. The van der Waals surface area contributed by atoms with Gasteiger partial charge in [0.05, 0.1) is 11.6 Å². The predicted molar refractivity (Wildman–Crippen MR) is 96.4 cm³/mol. The lowest BCUT2D eigenvalue weighted by atomic mass is 10.2. The first-order valence-electron chi connectivity index (χ1n) is 7.74. The van der Waals surface area contributed by atoms with Crippen molar-refractivity contribution in [2.24, 2.45) is 0 Å². The van der Waals surface area contributed by atoms with E-state index in [0.29, 0.717) is 11.5 Å². The van der Waals surface area contributed by atoms with E-state index in [4.69, 9.17) is 0 Å². The van der Waals surface area contributed by atoms with Gasteiger partial charge in [-0.15, -0.1) is 11.3 Å². The molecule has 0 radical (unpaired) electrons. The summed E-state index contributed by atoms with van der Waals surface area (Å²) in [6.07, 6.45) is 4.62. The van der Waals surface area contributed by atoms with Gasteiger partial charge in [-0.25, -0.2) is 15.0 Å². The van der Waals surface area contributed by atoms with Crippen LogP contribution in [0.4, 0.5) is 5.82 Å². The molecule has 0 saturated carbocycles. The van der Waals surface area contributed by atoms with Crippen LogP contribution in [-0.2, 0) is 13.0 Å². The molecule has 3 rings (SSSR count). The second-order valence-electron chi connectivity index (χ2n) is 5.57. The van der Waals surface area contributed by atoms with Gasteiger partial charge in [0, 0.05) is 41.6 Å². The Labute approximate surface area is 144 Å². The molecule has 0 unspecified atom stereocenters. The van der Waals surface area contributed by atoms with E-state index in [9.17, 15) is 4.79 Å². The third-order valence-corrected chi connectivity index (χ3v) is 4.71. The average Bonchev–Trinajstić information content (AvgIpc) is 3.01. The van der Waals surface area contributed by atoms with Gasteiger partial charge in [0.1, 0.15) is 11.6 Å². The van der Waals surface area contributed by atoms with Crippen molar-refractivity contribution in [2.75, 3.05) is 11.9 Å². The fourth-order valence-electron chi connectivity index (χ4n) is 2.37. The van der Waals surface area contributed by atoms with E-state index in [-0.39, 0.29) is 5.56 Å². The predicted octanol–water partition coefficient (Wildman–Crippen LogP) is 2.80. The summed E-state index contributed by atoms with van der Waals surface area (Å²) in [4.78, 5) is 30.8. The van der Waals surface area contributed by atoms with E-state index in [1.54, 1.807) is 24.5 Å². The van der Waals surface area contributed by atoms with Crippen LogP contribution in [0.25, 0.3) is 11.4 Å². The first-order valence-corrected chi connectivity index (χ1v) is 8.56. The van der Waals surface area contributed by atoms with Crippen LogP contribution in [0.15, 0.2) is 35.4 Å². The monoisotopic (exact) mass is 341 g/mol. The highest BCUT2D eigenvalue weighted by molar-refractivity contribution is 7.11. The number of aryl methyl sites for hydroxylation is 2. The number of H-pyrrole nitrogens is 1. The Bertz CT molecular complexity index is 884. The zero-order valence-corrected chi connectivity index (χ0v) is 14.7. The maximum atomic E-state index is 11.6. The molecule has 0 aliphatic carbocycles. The second kappa shape index (κ2) is 6.92. The fourth-order valence-corrected chi connectivity index (χ4v) is 3.28. The van der Waals surface area contributed by atoms with Crippen LogP contribution in [0.5, 0.6) is 0 Å². The number of rotatable bonds is 5. The number of aromatic amines is 1. The van der Waals surface area contributed by atoms with Crippen LogP contribution < -0.4 is 10.5 Å². The highest BCUT2D eigenvalue weighted by atomic mass is 32.1. The van der Waals surface area contributed by atoms with Gasteiger partial charge in [-0.3, -0.25) is 4.79 Å². The number of pyridine rings is 1. The number of hydrogen-bond donors (Lipinski definition) is 1. The molecule has 124 valence electrons. The third kappa shape index (κ3) is 3.68. The van der Waals surface area contributed by atoms with Crippen molar-refractivity contribution >= 4 is 17.2 Å². The van der Waals surface area contributed by atoms with Crippen LogP contribution in [-0.4, -0.2) is 27.0 Å². The van der Waals surface area contributed by atoms with E-state index in [1.165, 1.54) is 10.9 Å². The van der Waals surface area contributed by atoms with Crippen molar-refractivity contribution in [2.45, 2.75) is 26.8 Å². The summed E-state index contributed by atoms with van der Waals surface area (Å²) in [6.45, 7) is 4.67. The lowest BCUT2D eigenvalue weighted by Crippen LogP contribution is -2.17. The van der Waals surface area contributed by atoms with Crippen molar-refractivity contribution in [1.29, 1.82) is 0 Å². The smallest absolute Gasteiger partial charge is 0.251 e. The normalized spacial score (nSPS) is 10.8. The van der Waals surface area contributed by atoms with Crippen molar-refractivity contribution < 1.29 is 0 Å². The van der Waals surface area contributed by atoms with Gasteiger partial charge in [-0.05, 0) is 25.5 Å². The third-order valence-electron chi connectivity index (χ3n) is 3.58. The maximum Gasteiger partial charge on any atom is 0.251 e. The summed E-state index contributed by atoms with van der Waals surface area (Å²) in [7, 11) is 2.00. The molecule has 7 heteroatoms. The van der Waals surface area contributed by atoms with Gasteiger partial charge in [0.2, 0.25) is 0 Å². The summed E-state index contributed by atoms with van der Waals surface area (Å²) < 4.78 is 0. The van der Waals surface area contributed by atoms with Crippen LogP contribution >= 0.6 is 11.3 Å². The number of nitrogens with zero attached hydrogens (tertiary/aromatic N) is 4.